The first kappa shape index (κ1) is 15.2. The van der Waals surface area contributed by atoms with Gasteiger partial charge in [-0.05, 0) is 58.0 Å². The molecule has 2 N–H and O–H groups in total. The maximum Gasteiger partial charge on any atom is 0.129 e. The number of thiocarbonyl (C=S) groups is 1. The normalized spacial score (nSPS) is 17.1. The van der Waals surface area contributed by atoms with Crippen molar-refractivity contribution in [3.8, 4) is 0 Å². The van der Waals surface area contributed by atoms with Crippen molar-refractivity contribution in [2.75, 3.05) is 38.6 Å². The number of pyridine rings is 1. The fourth-order valence-corrected chi connectivity index (χ4v) is 2.83. The number of aromatic nitrogens is 1. The van der Waals surface area contributed by atoms with Crippen LogP contribution in [0.2, 0.25) is 0 Å². The van der Waals surface area contributed by atoms with Crippen LogP contribution in [0.25, 0.3) is 0 Å². The Balaban J connectivity index is 2.05. The van der Waals surface area contributed by atoms with E-state index in [1.54, 1.807) is 0 Å². The summed E-state index contributed by atoms with van der Waals surface area (Å²) in [7, 11) is 4.29. The standard InChI is InChI=1S/C15H24N4S/c1-11-8-13(15(16)20)9-14(17-11)19(3)10-12-4-6-18(2)7-5-12/h8-9,12H,4-7,10H2,1-3H3,(H2,16,20). The van der Waals surface area contributed by atoms with Crippen molar-refractivity contribution in [3.05, 3.63) is 23.4 Å². The van der Waals surface area contributed by atoms with Crippen LogP contribution >= 0.6 is 12.2 Å². The molecule has 0 atom stereocenters. The van der Waals surface area contributed by atoms with Gasteiger partial charge in [0.05, 0.1) is 0 Å². The molecule has 1 aliphatic rings. The maximum atomic E-state index is 5.73. The Morgan fingerprint density at radius 1 is 1.45 bits per heavy atom. The van der Waals surface area contributed by atoms with E-state index in [9.17, 15) is 0 Å². The van der Waals surface area contributed by atoms with E-state index < -0.39 is 0 Å². The van der Waals surface area contributed by atoms with E-state index in [-0.39, 0.29) is 0 Å². The Labute approximate surface area is 127 Å². The van der Waals surface area contributed by atoms with E-state index >= 15 is 0 Å². The van der Waals surface area contributed by atoms with Gasteiger partial charge in [-0.3, -0.25) is 0 Å². The minimum atomic E-state index is 0.435. The first-order valence-corrected chi connectivity index (χ1v) is 7.54. The van der Waals surface area contributed by atoms with E-state index in [4.69, 9.17) is 18.0 Å². The van der Waals surface area contributed by atoms with Gasteiger partial charge < -0.3 is 15.5 Å². The van der Waals surface area contributed by atoms with Gasteiger partial charge in [0.15, 0.2) is 0 Å². The highest BCUT2D eigenvalue weighted by atomic mass is 32.1. The summed E-state index contributed by atoms with van der Waals surface area (Å²) in [6.07, 6.45) is 2.52. The van der Waals surface area contributed by atoms with Crippen LogP contribution in [-0.4, -0.2) is 48.6 Å². The lowest BCUT2D eigenvalue weighted by Crippen LogP contribution is -2.36. The van der Waals surface area contributed by atoms with E-state index in [2.05, 4.69) is 28.9 Å². The van der Waals surface area contributed by atoms with Gasteiger partial charge in [-0.1, -0.05) is 12.2 Å². The van der Waals surface area contributed by atoms with Crippen molar-refractivity contribution >= 4 is 23.0 Å². The molecule has 0 spiro atoms. The number of anilines is 1. The lowest BCUT2D eigenvalue weighted by molar-refractivity contribution is 0.222. The Bertz CT molecular complexity index is 481. The average molecular weight is 292 g/mol. The van der Waals surface area contributed by atoms with Crippen molar-refractivity contribution in [1.82, 2.24) is 9.88 Å². The van der Waals surface area contributed by atoms with Crippen molar-refractivity contribution in [2.45, 2.75) is 19.8 Å². The van der Waals surface area contributed by atoms with E-state index in [1.165, 1.54) is 25.9 Å². The Morgan fingerprint density at radius 2 is 2.10 bits per heavy atom. The fraction of sp³-hybridized carbons (Fsp3) is 0.600. The van der Waals surface area contributed by atoms with Crippen LogP contribution in [0.1, 0.15) is 24.1 Å². The molecule has 0 bridgehead atoms. The van der Waals surface area contributed by atoms with Gasteiger partial charge in [-0.2, -0.15) is 0 Å². The molecular weight excluding hydrogens is 268 g/mol. The molecule has 0 amide bonds. The molecule has 0 unspecified atom stereocenters. The number of hydrogen-bond donors (Lipinski definition) is 1. The fourth-order valence-electron chi connectivity index (χ4n) is 2.71. The van der Waals surface area contributed by atoms with Crippen LogP contribution in [0.4, 0.5) is 5.82 Å². The number of piperidine rings is 1. The number of rotatable bonds is 4. The number of nitrogens with two attached hydrogens (primary N) is 1. The molecule has 1 aromatic rings. The molecule has 1 fully saturated rings. The summed E-state index contributed by atoms with van der Waals surface area (Å²) in [6.45, 7) is 5.41. The van der Waals surface area contributed by atoms with Gasteiger partial charge in [-0.15, -0.1) is 0 Å². The van der Waals surface area contributed by atoms with E-state index in [0.29, 0.717) is 4.99 Å². The molecule has 0 aromatic carbocycles. The minimum Gasteiger partial charge on any atom is -0.389 e. The third-order valence-electron chi connectivity index (χ3n) is 3.99. The van der Waals surface area contributed by atoms with Crippen LogP contribution < -0.4 is 10.6 Å². The summed E-state index contributed by atoms with van der Waals surface area (Å²) in [4.78, 5) is 9.65. The molecular formula is C15H24N4S. The van der Waals surface area contributed by atoms with Crippen molar-refractivity contribution < 1.29 is 0 Å². The second-order valence-corrected chi connectivity index (χ2v) is 6.29. The molecule has 4 nitrogen and oxygen atoms in total. The monoisotopic (exact) mass is 292 g/mol. The topological polar surface area (TPSA) is 45.4 Å². The van der Waals surface area contributed by atoms with Gasteiger partial charge >= 0.3 is 0 Å². The highest BCUT2D eigenvalue weighted by molar-refractivity contribution is 7.80. The molecule has 2 rings (SSSR count). The van der Waals surface area contributed by atoms with Gasteiger partial charge in [0, 0.05) is 24.8 Å². The van der Waals surface area contributed by atoms with Gasteiger partial charge in [0.2, 0.25) is 0 Å². The number of likely N-dealkylation sites (tertiary alicyclic amines) is 1. The molecule has 2 heterocycles. The number of aryl methyl sites for hydroxylation is 1. The van der Waals surface area contributed by atoms with Crippen LogP contribution in [0.15, 0.2) is 12.1 Å². The summed E-state index contributed by atoms with van der Waals surface area (Å²) in [5.41, 5.74) is 7.59. The molecule has 20 heavy (non-hydrogen) atoms. The van der Waals surface area contributed by atoms with E-state index in [1.807, 2.05) is 19.1 Å². The predicted octanol–water partition coefficient (Wildman–Crippen LogP) is 1.80. The van der Waals surface area contributed by atoms with Crippen LogP contribution in [0, 0.1) is 12.8 Å². The van der Waals surface area contributed by atoms with E-state index in [0.717, 1.165) is 29.5 Å². The summed E-state index contributed by atoms with van der Waals surface area (Å²) in [6, 6.07) is 3.93. The minimum absolute atomic E-state index is 0.435. The number of hydrogen-bond acceptors (Lipinski definition) is 4. The SMILES string of the molecule is Cc1cc(C(N)=S)cc(N(C)CC2CCN(C)CC2)n1. The van der Waals surface area contributed by atoms with Crippen molar-refractivity contribution in [3.63, 3.8) is 0 Å². The number of nitrogens with zero attached hydrogens (tertiary/aromatic N) is 3. The van der Waals surface area contributed by atoms with Crippen LogP contribution in [0.5, 0.6) is 0 Å². The molecule has 1 saturated heterocycles. The Morgan fingerprint density at radius 3 is 2.70 bits per heavy atom. The molecule has 1 aliphatic heterocycles. The zero-order valence-corrected chi connectivity index (χ0v) is 13.4. The highest BCUT2D eigenvalue weighted by Crippen LogP contribution is 2.20. The van der Waals surface area contributed by atoms with Gasteiger partial charge in [-0.25, -0.2) is 4.98 Å². The Kier molecular flexibility index (Phi) is 4.94. The summed E-state index contributed by atoms with van der Waals surface area (Å²) < 4.78 is 0. The molecule has 1 aromatic heterocycles. The predicted molar refractivity (Wildman–Crippen MR) is 88.4 cm³/mol. The highest BCUT2D eigenvalue weighted by Gasteiger charge is 2.19. The summed E-state index contributed by atoms with van der Waals surface area (Å²) in [5, 5.41) is 0. The molecule has 0 radical (unpaired) electrons. The largest absolute Gasteiger partial charge is 0.389 e. The van der Waals surface area contributed by atoms with Crippen LogP contribution in [0.3, 0.4) is 0 Å². The third-order valence-corrected chi connectivity index (χ3v) is 4.22. The molecule has 5 heteroatoms. The lowest BCUT2D eigenvalue weighted by Gasteiger charge is -2.32. The average Bonchev–Trinajstić information content (AvgIpc) is 2.40. The van der Waals surface area contributed by atoms with Crippen molar-refractivity contribution in [1.29, 1.82) is 0 Å². The second kappa shape index (κ2) is 6.50. The van der Waals surface area contributed by atoms with Gasteiger partial charge in [0.1, 0.15) is 10.8 Å². The summed E-state index contributed by atoms with van der Waals surface area (Å²) in [5.74, 6) is 1.71. The molecule has 0 saturated carbocycles. The third kappa shape index (κ3) is 3.90. The summed E-state index contributed by atoms with van der Waals surface area (Å²) >= 11 is 5.07. The first-order chi connectivity index (χ1) is 9.45. The zero-order chi connectivity index (χ0) is 14.7. The lowest BCUT2D eigenvalue weighted by atomic mass is 9.96. The smallest absolute Gasteiger partial charge is 0.129 e. The van der Waals surface area contributed by atoms with Gasteiger partial charge in [0.25, 0.3) is 0 Å². The van der Waals surface area contributed by atoms with Crippen molar-refractivity contribution in [2.24, 2.45) is 11.7 Å². The van der Waals surface area contributed by atoms with Crippen LogP contribution in [-0.2, 0) is 0 Å². The zero-order valence-electron chi connectivity index (χ0n) is 12.6. The quantitative estimate of drug-likeness (QED) is 0.858. The Hall–Kier alpha value is -1.20. The maximum absolute atomic E-state index is 5.73. The second-order valence-electron chi connectivity index (χ2n) is 5.85. The molecule has 110 valence electrons. The molecule has 0 aliphatic carbocycles. The first-order valence-electron chi connectivity index (χ1n) is 7.14.